The molecule has 3 N–H and O–H groups in total. The number of methoxy groups -OCH3 is 1. The van der Waals surface area contributed by atoms with Crippen LogP contribution in [0, 0.1) is 11.3 Å². The van der Waals surface area contributed by atoms with Crippen molar-refractivity contribution in [1.82, 2.24) is 10.3 Å². The van der Waals surface area contributed by atoms with E-state index in [9.17, 15) is 15.0 Å². The number of aliphatic hydroxyl groups is 2. The third-order valence-corrected chi connectivity index (χ3v) is 4.87. The van der Waals surface area contributed by atoms with Gasteiger partial charge in [-0.2, -0.15) is 0 Å². The third kappa shape index (κ3) is 2.80. The fraction of sp³-hybridized carbons (Fsp3) is 0.625. The van der Waals surface area contributed by atoms with Gasteiger partial charge in [0, 0.05) is 12.3 Å². The first kappa shape index (κ1) is 15.2. The molecule has 1 heterocycles. The van der Waals surface area contributed by atoms with Crippen molar-refractivity contribution in [2.24, 2.45) is 11.3 Å². The highest BCUT2D eigenvalue weighted by Gasteiger charge is 2.50. The summed E-state index contributed by atoms with van der Waals surface area (Å²) in [5.74, 6) is 0.623. The predicted molar refractivity (Wildman–Crippen MR) is 79.2 cm³/mol. The SMILES string of the molecule is COc1ccc([C@H](NC(=O)C2(CO)CC2)C2CC(O)C2)cn1. The Bertz CT molecular complexity index is 536. The highest BCUT2D eigenvalue weighted by Crippen LogP contribution is 2.46. The van der Waals surface area contributed by atoms with Crippen LogP contribution in [0.2, 0.25) is 0 Å². The maximum atomic E-state index is 12.4. The first-order valence-electron chi connectivity index (χ1n) is 7.68. The van der Waals surface area contributed by atoms with Gasteiger partial charge in [0.1, 0.15) is 0 Å². The second-order valence-electron chi connectivity index (χ2n) is 6.41. The van der Waals surface area contributed by atoms with Crippen molar-refractivity contribution in [3.8, 4) is 5.88 Å². The minimum Gasteiger partial charge on any atom is -0.481 e. The van der Waals surface area contributed by atoms with E-state index in [1.54, 1.807) is 19.4 Å². The molecule has 0 aliphatic heterocycles. The second-order valence-corrected chi connectivity index (χ2v) is 6.41. The largest absolute Gasteiger partial charge is 0.481 e. The fourth-order valence-corrected chi connectivity index (χ4v) is 2.97. The first-order chi connectivity index (χ1) is 10.6. The summed E-state index contributed by atoms with van der Waals surface area (Å²) in [4.78, 5) is 16.6. The van der Waals surface area contributed by atoms with Gasteiger partial charge < -0.3 is 20.3 Å². The molecule has 6 nitrogen and oxygen atoms in total. The number of amides is 1. The van der Waals surface area contributed by atoms with Crippen LogP contribution in [0.3, 0.4) is 0 Å². The van der Waals surface area contributed by atoms with Crippen LogP contribution in [-0.4, -0.2) is 40.9 Å². The molecule has 0 bridgehead atoms. The molecule has 2 fully saturated rings. The minimum absolute atomic E-state index is 0.0998. The van der Waals surface area contributed by atoms with E-state index in [0.29, 0.717) is 18.7 Å². The number of nitrogens with one attached hydrogen (secondary N) is 1. The minimum atomic E-state index is -0.597. The smallest absolute Gasteiger partial charge is 0.229 e. The zero-order chi connectivity index (χ0) is 15.7. The van der Waals surface area contributed by atoms with Gasteiger partial charge in [0.15, 0.2) is 0 Å². The van der Waals surface area contributed by atoms with Crippen LogP contribution in [-0.2, 0) is 4.79 Å². The topological polar surface area (TPSA) is 91.7 Å². The molecule has 3 rings (SSSR count). The monoisotopic (exact) mass is 306 g/mol. The van der Waals surface area contributed by atoms with Crippen LogP contribution in [0.1, 0.15) is 37.3 Å². The Labute approximate surface area is 129 Å². The van der Waals surface area contributed by atoms with Gasteiger partial charge in [-0.3, -0.25) is 4.79 Å². The van der Waals surface area contributed by atoms with Crippen molar-refractivity contribution in [2.75, 3.05) is 13.7 Å². The first-order valence-corrected chi connectivity index (χ1v) is 7.68. The highest BCUT2D eigenvalue weighted by atomic mass is 16.5. The maximum absolute atomic E-state index is 12.4. The molecule has 1 aromatic rings. The Morgan fingerprint density at radius 1 is 1.50 bits per heavy atom. The Kier molecular flexibility index (Phi) is 4.06. The van der Waals surface area contributed by atoms with Crippen LogP contribution in [0.5, 0.6) is 5.88 Å². The van der Waals surface area contributed by atoms with Gasteiger partial charge in [-0.15, -0.1) is 0 Å². The highest BCUT2D eigenvalue weighted by molar-refractivity contribution is 5.85. The Hall–Kier alpha value is -1.66. The molecule has 0 unspecified atom stereocenters. The van der Waals surface area contributed by atoms with Gasteiger partial charge in [0.25, 0.3) is 0 Å². The molecule has 120 valence electrons. The predicted octanol–water partition coefficient (Wildman–Crippen LogP) is 0.791. The van der Waals surface area contributed by atoms with Crippen molar-refractivity contribution in [2.45, 2.75) is 37.8 Å². The molecular formula is C16H22N2O4. The Morgan fingerprint density at radius 3 is 2.68 bits per heavy atom. The average molecular weight is 306 g/mol. The Balaban J connectivity index is 1.76. The lowest BCUT2D eigenvalue weighted by Gasteiger charge is -2.38. The molecule has 0 aromatic carbocycles. The number of pyridine rings is 1. The van der Waals surface area contributed by atoms with Crippen molar-refractivity contribution >= 4 is 5.91 Å². The van der Waals surface area contributed by atoms with Crippen LogP contribution >= 0.6 is 0 Å². The number of rotatable bonds is 6. The molecule has 1 amide bonds. The molecule has 0 saturated heterocycles. The lowest BCUT2D eigenvalue weighted by Crippen LogP contribution is -2.44. The normalized spacial score (nSPS) is 26.7. The zero-order valence-corrected chi connectivity index (χ0v) is 12.7. The maximum Gasteiger partial charge on any atom is 0.229 e. The number of aromatic nitrogens is 1. The van der Waals surface area contributed by atoms with Crippen molar-refractivity contribution < 1.29 is 19.7 Å². The summed E-state index contributed by atoms with van der Waals surface area (Å²) >= 11 is 0. The third-order valence-electron chi connectivity index (χ3n) is 4.87. The van der Waals surface area contributed by atoms with E-state index in [0.717, 1.165) is 18.4 Å². The van der Waals surface area contributed by atoms with Gasteiger partial charge in [-0.05, 0) is 37.2 Å². The van der Waals surface area contributed by atoms with E-state index < -0.39 is 5.41 Å². The lowest BCUT2D eigenvalue weighted by molar-refractivity contribution is -0.129. The lowest BCUT2D eigenvalue weighted by atomic mass is 9.75. The van der Waals surface area contributed by atoms with E-state index >= 15 is 0 Å². The number of hydrogen-bond acceptors (Lipinski definition) is 5. The molecule has 6 heteroatoms. The van der Waals surface area contributed by atoms with Gasteiger partial charge >= 0.3 is 0 Å². The van der Waals surface area contributed by atoms with E-state index in [-0.39, 0.29) is 30.6 Å². The second kappa shape index (κ2) is 5.85. The number of carbonyl (C=O) groups excluding carboxylic acids is 1. The summed E-state index contributed by atoms with van der Waals surface area (Å²) in [5.41, 5.74) is 0.306. The van der Waals surface area contributed by atoms with Crippen molar-refractivity contribution in [3.05, 3.63) is 23.9 Å². The van der Waals surface area contributed by atoms with E-state index in [2.05, 4.69) is 10.3 Å². The summed E-state index contributed by atoms with van der Waals surface area (Å²) in [6.07, 6.45) is 4.22. The average Bonchev–Trinajstić information content (AvgIpc) is 3.31. The molecule has 22 heavy (non-hydrogen) atoms. The molecule has 2 saturated carbocycles. The molecular weight excluding hydrogens is 284 g/mol. The summed E-state index contributed by atoms with van der Waals surface area (Å²) in [6.45, 7) is -0.111. The Morgan fingerprint density at radius 2 is 2.23 bits per heavy atom. The molecule has 2 aliphatic rings. The molecule has 0 spiro atoms. The van der Waals surface area contributed by atoms with Gasteiger partial charge in [0.2, 0.25) is 11.8 Å². The summed E-state index contributed by atoms with van der Waals surface area (Å²) in [6, 6.07) is 3.47. The van der Waals surface area contributed by atoms with Crippen LogP contribution in [0.25, 0.3) is 0 Å². The number of nitrogens with zero attached hydrogens (tertiary/aromatic N) is 1. The van der Waals surface area contributed by atoms with E-state index in [4.69, 9.17) is 4.74 Å². The summed E-state index contributed by atoms with van der Waals surface area (Å²) in [5, 5.41) is 22.0. The molecule has 1 atom stereocenters. The van der Waals surface area contributed by atoms with Gasteiger partial charge in [-0.1, -0.05) is 6.07 Å². The van der Waals surface area contributed by atoms with Crippen molar-refractivity contribution in [3.63, 3.8) is 0 Å². The molecule has 1 aromatic heterocycles. The zero-order valence-electron chi connectivity index (χ0n) is 12.7. The standard InChI is InChI=1S/C16H22N2O4/c1-22-13-3-2-10(8-17-13)14(11-6-12(20)7-11)18-15(21)16(9-19)4-5-16/h2-3,8,11-12,14,19-20H,4-7,9H2,1H3,(H,18,21)/t11?,12?,14-/m0/s1. The summed E-state index contributed by atoms with van der Waals surface area (Å²) < 4.78 is 5.06. The molecule has 2 aliphatic carbocycles. The summed E-state index contributed by atoms with van der Waals surface area (Å²) in [7, 11) is 1.56. The van der Waals surface area contributed by atoms with Crippen molar-refractivity contribution in [1.29, 1.82) is 0 Å². The number of hydrogen-bond donors (Lipinski definition) is 3. The van der Waals surface area contributed by atoms with Crippen LogP contribution < -0.4 is 10.1 Å². The number of aliphatic hydroxyl groups excluding tert-OH is 2. The van der Waals surface area contributed by atoms with E-state index in [1.165, 1.54) is 0 Å². The number of carbonyl (C=O) groups is 1. The van der Waals surface area contributed by atoms with Gasteiger partial charge in [-0.25, -0.2) is 4.98 Å². The van der Waals surface area contributed by atoms with E-state index in [1.807, 2.05) is 6.07 Å². The fourth-order valence-electron chi connectivity index (χ4n) is 2.97. The quantitative estimate of drug-likeness (QED) is 0.723. The van der Waals surface area contributed by atoms with Crippen LogP contribution in [0.15, 0.2) is 18.3 Å². The van der Waals surface area contributed by atoms with Crippen LogP contribution in [0.4, 0.5) is 0 Å². The molecule has 0 radical (unpaired) electrons. The van der Waals surface area contributed by atoms with Gasteiger partial charge in [0.05, 0.1) is 31.3 Å². The number of ether oxygens (including phenoxy) is 1.